The Kier molecular flexibility index (Phi) is 3.85. The van der Waals surface area contributed by atoms with Crippen molar-refractivity contribution in [1.82, 2.24) is 0 Å². The van der Waals surface area contributed by atoms with Gasteiger partial charge in [-0.1, -0.05) is 6.08 Å². The van der Waals surface area contributed by atoms with Crippen LogP contribution in [0.15, 0.2) is 29.7 Å². The second-order valence-electron chi connectivity index (χ2n) is 3.53. The number of hydrogen-bond acceptors (Lipinski definition) is 3. The molecule has 0 radical (unpaired) electrons. The fourth-order valence-corrected chi connectivity index (χ4v) is 2.54. The molecule has 0 aliphatic rings. The van der Waals surface area contributed by atoms with Gasteiger partial charge in [0.2, 0.25) is 0 Å². The molecule has 1 rings (SSSR count). The topological polar surface area (TPSA) is 71.4 Å². The molecule has 1 N–H and O–H groups in total. The van der Waals surface area contributed by atoms with E-state index in [1.807, 2.05) is 0 Å². The largest absolute Gasteiger partial charge is 0.477 e. The average Bonchev–Trinajstić information content (AvgIpc) is 2.26. The number of carboxylic acid groups (broad SMARTS) is 1. The third-order valence-corrected chi connectivity index (χ3v) is 4.50. The van der Waals surface area contributed by atoms with Gasteiger partial charge in [0.1, 0.15) is 16.3 Å². The molecular weight excluding hydrogens is 266 g/mol. The molecule has 0 saturated carbocycles. The first-order chi connectivity index (χ1) is 8.23. The Balaban J connectivity index is 3.60. The van der Waals surface area contributed by atoms with Gasteiger partial charge in [-0.05, 0) is 19.1 Å². The molecule has 0 aliphatic carbocycles. The minimum absolute atomic E-state index is 0.606. The van der Waals surface area contributed by atoms with Gasteiger partial charge >= 0.3 is 5.97 Å². The van der Waals surface area contributed by atoms with E-state index in [-0.39, 0.29) is 0 Å². The molecular formula is C11H10F2O4S. The van der Waals surface area contributed by atoms with Gasteiger partial charge in [0.05, 0.1) is 5.25 Å². The predicted octanol–water partition coefficient (Wildman–Crippen LogP) is 2.01. The third-order valence-electron chi connectivity index (χ3n) is 2.40. The summed E-state index contributed by atoms with van der Waals surface area (Å²) in [6.07, 6.45) is 1.07. The lowest BCUT2D eigenvalue weighted by Gasteiger charge is -2.11. The van der Waals surface area contributed by atoms with E-state index in [1.54, 1.807) is 0 Å². The number of sulfone groups is 1. The van der Waals surface area contributed by atoms with Crippen LogP contribution in [0, 0.1) is 11.6 Å². The van der Waals surface area contributed by atoms with Crippen molar-refractivity contribution < 1.29 is 27.1 Å². The van der Waals surface area contributed by atoms with E-state index in [4.69, 9.17) is 5.11 Å². The van der Waals surface area contributed by atoms with Crippen molar-refractivity contribution in [1.29, 1.82) is 0 Å². The number of carboxylic acids is 1. The summed E-state index contributed by atoms with van der Waals surface area (Å²) in [5.74, 6) is -4.80. The highest BCUT2D eigenvalue weighted by Crippen LogP contribution is 2.24. The second-order valence-corrected chi connectivity index (χ2v) is 5.80. The Labute approximate surface area is 102 Å². The van der Waals surface area contributed by atoms with Crippen molar-refractivity contribution in [2.45, 2.75) is 17.1 Å². The molecule has 1 aromatic rings. The highest BCUT2D eigenvalue weighted by molar-refractivity contribution is 7.92. The number of carbonyl (C=O) groups is 1. The number of rotatable bonds is 4. The quantitative estimate of drug-likeness (QED) is 0.674. The van der Waals surface area contributed by atoms with E-state index in [1.165, 1.54) is 6.92 Å². The maximum Gasteiger partial charge on any atom is 0.341 e. The summed E-state index contributed by atoms with van der Waals surface area (Å²) in [5.41, 5.74) is -1.28. The van der Waals surface area contributed by atoms with Gasteiger partial charge in [-0.2, -0.15) is 0 Å². The van der Waals surface area contributed by atoms with Crippen molar-refractivity contribution in [3.8, 4) is 0 Å². The molecule has 0 aliphatic heterocycles. The highest BCUT2D eigenvalue weighted by Gasteiger charge is 2.29. The average molecular weight is 276 g/mol. The Hall–Kier alpha value is -1.76. The maximum absolute atomic E-state index is 13.7. The molecule has 0 aromatic heterocycles. The van der Waals surface area contributed by atoms with Crippen molar-refractivity contribution in [3.05, 3.63) is 42.0 Å². The predicted molar refractivity (Wildman–Crippen MR) is 60.2 cm³/mol. The molecule has 0 amide bonds. The molecule has 1 unspecified atom stereocenters. The van der Waals surface area contributed by atoms with E-state index >= 15 is 0 Å². The van der Waals surface area contributed by atoms with Crippen LogP contribution in [-0.2, 0) is 9.84 Å². The highest BCUT2D eigenvalue weighted by atomic mass is 32.2. The molecule has 98 valence electrons. The van der Waals surface area contributed by atoms with Crippen molar-refractivity contribution in [3.63, 3.8) is 0 Å². The molecule has 18 heavy (non-hydrogen) atoms. The van der Waals surface area contributed by atoms with Gasteiger partial charge < -0.3 is 5.11 Å². The van der Waals surface area contributed by atoms with Crippen LogP contribution in [0.3, 0.4) is 0 Å². The van der Waals surface area contributed by atoms with Gasteiger partial charge in [0.15, 0.2) is 15.7 Å². The van der Waals surface area contributed by atoms with E-state index in [0.717, 1.165) is 6.08 Å². The van der Waals surface area contributed by atoms with Gasteiger partial charge in [0.25, 0.3) is 0 Å². The van der Waals surface area contributed by atoms with Crippen LogP contribution in [0.25, 0.3) is 0 Å². The summed E-state index contributed by atoms with van der Waals surface area (Å²) in [6.45, 7) is 4.52. The van der Waals surface area contributed by atoms with Crippen LogP contribution < -0.4 is 0 Å². The van der Waals surface area contributed by atoms with Crippen LogP contribution in [0.2, 0.25) is 0 Å². The minimum atomic E-state index is -4.12. The summed E-state index contributed by atoms with van der Waals surface area (Å²) in [4.78, 5) is 9.81. The van der Waals surface area contributed by atoms with Crippen molar-refractivity contribution >= 4 is 15.8 Å². The first-order valence-electron chi connectivity index (χ1n) is 4.81. The van der Waals surface area contributed by atoms with Gasteiger partial charge in [-0.15, -0.1) is 6.58 Å². The molecule has 0 saturated heterocycles. The maximum atomic E-state index is 13.7. The van der Waals surface area contributed by atoms with Crippen LogP contribution >= 0.6 is 0 Å². The standard InChI is InChI=1S/C11H10F2O4S/c1-3-6(2)18(16,17)8-5-4-7(12)9(10(8)13)11(14)15/h3-6H,1H2,2H3,(H,14,15). The molecule has 0 spiro atoms. The van der Waals surface area contributed by atoms with E-state index in [0.29, 0.717) is 12.1 Å². The van der Waals surface area contributed by atoms with E-state index in [9.17, 15) is 22.0 Å². The summed E-state index contributed by atoms with van der Waals surface area (Å²) in [5, 5.41) is 7.53. The summed E-state index contributed by atoms with van der Waals surface area (Å²) >= 11 is 0. The number of hydrogen-bond donors (Lipinski definition) is 1. The molecule has 4 nitrogen and oxygen atoms in total. The van der Waals surface area contributed by atoms with Gasteiger partial charge in [0, 0.05) is 0 Å². The Morgan fingerprint density at radius 3 is 2.44 bits per heavy atom. The lowest BCUT2D eigenvalue weighted by molar-refractivity contribution is 0.0685. The number of halogens is 2. The minimum Gasteiger partial charge on any atom is -0.477 e. The first kappa shape index (κ1) is 14.3. The van der Waals surface area contributed by atoms with Crippen LogP contribution in [0.4, 0.5) is 8.78 Å². The fourth-order valence-electron chi connectivity index (χ4n) is 1.28. The smallest absolute Gasteiger partial charge is 0.341 e. The molecule has 7 heteroatoms. The molecule has 1 aromatic carbocycles. The van der Waals surface area contributed by atoms with Crippen molar-refractivity contribution in [2.75, 3.05) is 0 Å². The monoisotopic (exact) mass is 276 g/mol. The second kappa shape index (κ2) is 4.85. The van der Waals surface area contributed by atoms with Crippen LogP contribution in [0.1, 0.15) is 17.3 Å². The number of aromatic carboxylic acids is 1. The summed E-state index contributed by atoms with van der Waals surface area (Å²) in [6, 6.07) is 1.31. The normalized spacial score (nSPS) is 13.1. The Morgan fingerprint density at radius 1 is 1.44 bits per heavy atom. The van der Waals surface area contributed by atoms with Gasteiger partial charge in [-0.3, -0.25) is 0 Å². The zero-order valence-corrected chi connectivity index (χ0v) is 10.2. The molecule has 0 fully saturated rings. The lowest BCUT2D eigenvalue weighted by Crippen LogP contribution is -2.19. The molecule has 0 heterocycles. The lowest BCUT2D eigenvalue weighted by atomic mass is 10.2. The SMILES string of the molecule is C=CC(C)S(=O)(=O)c1ccc(F)c(C(=O)O)c1F. The Morgan fingerprint density at radius 2 is 2.00 bits per heavy atom. The van der Waals surface area contributed by atoms with Crippen molar-refractivity contribution in [2.24, 2.45) is 0 Å². The van der Waals surface area contributed by atoms with E-state index in [2.05, 4.69) is 6.58 Å². The van der Waals surface area contributed by atoms with Crippen LogP contribution in [-0.4, -0.2) is 24.7 Å². The Bertz CT molecular complexity index is 608. The molecule has 1 atom stereocenters. The first-order valence-corrected chi connectivity index (χ1v) is 6.35. The zero-order valence-electron chi connectivity index (χ0n) is 9.35. The number of benzene rings is 1. The summed E-state index contributed by atoms with van der Waals surface area (Å²) < 4.78 is 50.5. The third kappa shape index (κ3) is 2.26. The zero-order chi connectivity index (χ0) is 14.1. The van der Waals surface area contributed by atoms with Gasteiger partial charge in [-0.25, -0.2) is 22.0 Å². The fraction of sp³-hybridized carbons (Fsp3) is 0.182. The summed E-state index contributed by atoms with van der Waals surface area (Å²) in [7, 11) is -4.12. The molecule has 0 bridgehead atoms. The van der Waals surface area contributed by atoms with Crippen LogP contribution in [0.5, 0.6) is 0 Å². The van der Waals surface area contributed by atoms with E-state index < -0.39 is 43.1 Å².